The molecule has 0 saturated carbocycles. The first-order valence-corrected chi connectivity index (χ1v) is 6.37. The number of rotatable bonds is 4. The summed E-state index contributed by atoms with van der Waals surface area (Å²) in [4.78, 5) is 2.42. The Morgan fingerprint density at radius 1 is 1.06 bits per heavy atom. The molecule has 0 N–H and O–H groups in total. The molecule has 0 amide bonds. The van der Waals surface area contributed by atoms with E-state index in [0.717, 1.165) is 58.7 Å². The Bertz CT molecular complexity index is 189. The molecule has 0 bridgehead atoms. The van der Waals surface area contributed by atoms with Crippen molar-refractivity contribution in [3.8, 4) is 0 Å². The zero-order chi connectivity index (χ0) is 11.2. The number of ether oxygens (including phenoxy) is 3. The zero-order valence-electron chi connectivity index (χ0n) is 10.2. The average molecular weight is 229 g/mol. The van der Waals surface area contributed by atoms with Gasteiger partial charge >= 0.3 is 0 Å². The highest BCUT2D eigenvalue weighted by molar-refractivity contribution is 4.72. The summed E-state index contributed by atoms with van der Waals surface area (Å²) >= 11 is 0. The van der Waals surface area contributed by atoms with Crippen LogP contribution in [-0.4, -0.2) is 57.3 Å². The van der Waals surface area contributed by atoms with Crippen LogP contribution in [0.3, 0.4) is 0 Å². The number of nitrogens with zero attached hydrogens (tertiary/aromatic N) is 1. The van der Waals surface area contributed by atoms with Crippen LogP contribution >= 0.6 is 0 Å². The molecule has 2 fully saturated rings. The fourth-order valence-electron chi connectivity index (χ4n) is 2.32. The molecule has 0 aromatic carbocycles. The van der Waals surface area contributed by atoms with Crippen LogP contribution in [0.5, 0.6) is 0 Å². The lowest BCUT2D eigenvalue weighted by atomic mass is 10.1. The van der Waals surface area contributed by atoms with E-state index in [1.54, 1.807) is 0 Å². The summed E-state index contributed by atoms with van der Waals surface area (Å²) in [6, 6.07) is 0.678. The van der Waals surface area contributed by atoms with E-state index >= 15 is 0 Å². The zero-order valence-corrected chi connectivity index (χ0v) is 10.2. The largest absolute Gasteiger partial charge is 0.381 e. The maximum Gasteiger partial charge on any atom is 0.158 e. The van der Waals surface area contributed by atoms with Crippen molar-refractivity contribution in [1.82, 2.24) is 4.90 Å². The fraction of sp³-hybridized carbons (Fsp3) is 1.00. The van der Waals surface area contributed by atoms with Crippen molar-refractivity contribution in [1.29, 1.82) is 0 Å². The summed E-state index contributed by atoms with van der Waals surface area (Å²) in [5.41, 5.74) is 0. The van der Waals surface area contributed by atoms with E-state index in [-0.39, 0.29) is 6.29 Å². The minimum atomic E-state index is 0.0241. The molecule has 0 aromatic rings. The van der Waals surface area contributed by atoms with E-state index in [1.165, 1.54) is 0 Å². The maximum atomic E-state index is 5.54. The summed E-state index contributed by atoms with van der Waals surface area (Å²) in [6.45, 7) is 4.57. The summed E-state index contributed by atoms with van der Waals surface area (Å²) in [6.07, 6.45) is 4.35. The van der Waals surface area contributed by atoms with Gasteiger partial charge in [-0.3, -0.25) is 0 Å². The summed E-state index contributed by atoms with van der Waals surface area (Å²) in [5.74, 6) is 0. The van der Waals surface area contributed by atoms with Crippen LogP contribution in [0.4, 0.5) is 0 Å². The second kappa shape index (κ2) is 6.55. The lowest BCUT2D eigenvalue weighted by Gasteiger charge is -2.32. The Kier molecular flexibility index (Phi) is 5.03. The monoisotopic (exact) mass is 229 g/mol. The first kappa shape index (κ1) is 12.3. The van der Waals surface area contributed by atoms with Gasteiger partial charge in [-0.1, -0.05) is 0 Å². The number of hydrogen-bond acceptors (Lipinski definition) is 4. The van der Waals surface area contributed by atoms with Gasteiger partial charge < -0.3 is 19.1 Å². The molecule has 4 heteroatoms. The second-order valence-corrected chi connectivity index (χ2v) is 4.64. The maximum absolute atomic E-state index is 5.54. The van der Waals surface area contributed by atoms with Crippen molar-refractivity contribution >= 4 is 0 Å². The predicted molar refractivity (Wildman–Crippen MR) is 61.4 cm³/mol. The van der Waals surface area contributed by atoms with E-state index in [2.05, 4.69) is 11.9 Å². The van der Waals surface area contributed by atoms with Gasteiger partial charge in [-0.05, 0) is 26.3 Å². The molecule has 2 aliphatic heterocycles. The van der Waals surface area contributed by atoms with Crippen molar-refractivity contribution < 1.29 is 14.2 Å². The van der Waals surface area contributed by atoms with Crippen LogP contribution in [0.2, 0.25) is 0 Å². The van der Waals surface area contributed by atoms with Gasteiger partial charge in [0.2, 0.25) is 0 Å². The molecule has 0 aromatic heterocycles. The van der Waals surface area contributed by atoms with Gasteiger partial charge in [-0.25, -0.2) is 0 Å². The smallest absolute Gasteiger partial charge is 0.158 e. The molecular weight excluding hydrogens is 206 g/mol. The Hall–Kier alpha value is -0.160. The topological polar surface area (TPSA) is 30.9 Å². The van der Waals surface area contributed by atoms with Crippen LogP contribution in [-0.2, 0) is 14.2 Å². The summed E-state index contributed by atoms with van der Waals surface area (Å²) in [7, 11) is 2.19. The normalized spacial score (nSPS) is 25.1. The minimum absolute atomic E-state index is 0.0241. The fourth-order valence-corrected chi connectivity index (χ4v) is 2.32. The molecule has 16 heavy (non-hydrogen) atoms. The lowest BCUT2D eigenvalue weighted by Crippen LogP contribution is -2.39. The van der Waals surface area contributed by atoms with Crippen molar-refractivity contribution in [3.05, 3.63) is 0 Å². The standard InChI is InChI=1S/C12H23NO3/c1-13(11-4-9-14-10-5-11)6-3-12-15-7-2-8-16-12/h11-12H,2-10H2,1H3. The van der Waals surface area contributed by atoms with E-state index < -0.39 is 0 Å². The Labute approximate surface area is 97.8 Å². The molecule has 2 saturated heterocycles. The Balaban J connectivity index is 1.63. The first-order chi connectivity index (χ1) is 7.86. The first-order valence-electron chi connectivity index (χ1n) is 6.37. The molecule has 0 unspecified atom stereocenters. The van der Waals surface area contributed by atoms with Gasteiger partial charge in [-0.15, -0.1) is 0 Å². The minimum Gasteiger partial charge on any atom is -0.381 e. The van der Waals surface area contributed by atoms with Gasteiger partial charge in [0.1, 0.15) is 0 Å². The molecule has 2 rings (SSSR count). The molecule has 94 valence electrons. The van der Waals surface area contributed by atoms with E-state index in [1.807, 2.05) is 0 Å². The van der Waals surface area contributed by atoms with E-state index in [9.17, 15) is 0 Å². The second-order valence-electron chi connectivity index (χ2n) is 4.64. The van der Waals surface area contributed by atoms with Crippen LogP contribution in [0.15, 0.2) is 0 Å². The third kappa shape index (κ3) is 3.70. The van der Waals surface area contributed by atoms with Crippen molar-refractivity contribution in [2.75, 3.05) is 40.0 Å². The third-order valence-corrected chi connectivity index (χ3v) is 3.43. The van der Waals surface area contributed by atoms with Gasteiger partial charge in [-0.2, -0.15) is 0 Å². The van der Waals surface area contributed by atoms with Gasteiger partial charge in [0.25, 0.3) is 0 Å². The van der Waals surface area contributed by atoms with Crippen molar-refractivity contribution in [3.63, 3.8) is 0 Å². The van der Waals surface area contributed by atoms with Gasteiger partial charge in [0, 0.05) is 32.2 Å². The van der Waals surface area contributed by atoms with E-state index in [4.69, 9.17) is 14.2 Å². The Morgan fingerprint density at radius 2 is 1.75 bits per heavy atom. The number of hydrogen-bond donors (Lipinski definition) is 0. The quantitative estimate of drug-likeness (QED) is 0.726. The van der Waals surface area contributed by atoms with Gasteiger partial charge in [0.15, 0.2) is 6.29 Å². The highest BCUT2D eigenvalue weighted by Crippen LogP contribution is 2.15. The highest BCUT2D eigenvalue weighted by Gasteiger charge is 2.20. The van der Waals surface area contributed by atoms with Crippen LogP contribution in [0, 0.1) is 0 Å². The van der Waals surface area contributed by atoms with Crippen LogP contribution in [0.25, 0.3) is 0 Å². The molecule has 2 heterocycles. The summed E-state index contributed by atoms with van der Waals surface area (Å²) in [5, 5.41) is 0. The molecule has 0 atom stereocenters. The lowest BCUT2D eigenvalue weighted by molar-refractivity contribution is -0.183. The predicted octanol–water partition coefficient (Wildman–Crippen LogP) is 1.25. The highest BCUT2D eigenvalue weighted by atomic mass is 16.7. The third-order valence-electron chi connectivity index (χ3n) is 3.43. The molecule has 2 aliphatic rings. The summed E-state index contributed by atoms with van der Waals surface area (Å²) < 4.78 is 16.5. The van der Waals surface area contributed by atoms with Crippen molar-refractivity contribution in [2.24, 2.45) is 0 Å². The molecule has 0 spiro atoms. The van der Waals surface area contributed by atoms with Gasteiger partial charge in [0.05, 0.1) is 13.2 Å². The molecular formula is C12H23NO3. The van der Waals surface area contributed by atoms with E-state index in [0.29, 0.717) is 6.04 Å². The molecule has 0 aliphatic carbocycles. The van der Waals surface area contributed by atoms with Crippen LogP contribution < -0.4 is 0 Å². The van der Waals surface area contributed by atoms with Crippen molar-refractivity contribution in [2.45, 2.75) is 38.0 Å². The molecule has 4 nitrogen and oxygen atoms in total. The molecule has 0 radical (unpaired) electrons. The van der Waals surface area contributed by atoms with Crippen LogP contribution in [0.1, 0.15) is 25.7 Å². The average Bonchev–Trinajstić information content (AvgIpc) is 2.38. The Morgan fingerprint density at radius 3 is 2.44 bits per heavy atom. The SMILES string of the molecule is CN(CCC1OCCCO1)C1CCOCC1.